The Morgan fingerprint density at radius 2 is 2.18 bits per heavy atom. The van der Waals surface area contributed by atoms with Crippen LogP contribution >= 0.6 is 23.7 Å². The molecule has 1 aliphatic heterocycles. The number of halogens is 3. The minimum absolute atomic E-state index is 0. The topological polar surface area (TPSA) is 54.0 Å². The summed E-state index contributed by atoms with van der Waals surface area (Å²) in [5.41, 5.74) is 0.0932. The van der Waals surface area contributed by atoms with E-state index in [1.54, 1.807) is 0 Å². The molecule has 1 aromatic heterocycles. The van der Waals surface area contributed by atoms with Gasteiger partial charge in [0, 0.05) is 12.6 Å². The zero-order valence-electron chi connectivity index (χ0n) is 11.7. The Morgan fingerprint density at radius 3 is 3.00 bits per heavy atom. The Hall–Kier alpha value is -1.31. The van der Waals surface area contributed by atoms with E-state index in [0.29, 0.717) is 16.4 Å². The minimum Gasteiger partial charge on any atom is -0.316 e. The van der Waals surface area contributed by atoms with Crippen molar-refractivity contribution in [2.45, 2.75) is 19.3 Å². The molecule has 0 radical (unpaired) electrons. The van der Waals surface area contributed by atoms with E-state index in [0.717, 1.165) is 43.2 Å². The number of nitrogens with one attached hydrogen (secondary N) is 2. The summed E-state index contributed by atoms with van der Waals surface area (Å²) in [5, 5.41) is 6.24. The molecule has 22 heavy (non-hydrogen) atoms. The van der Waals surface area contributed by atoms with Crippen molar-refractivity contribution in [1.82, 2.24) is 10.3 Å². The first kappa shape index (κ1) is 17.1. The molecule has 1 aliphatic rings. The van der Waals surface area contributed by atoms with Crippen molar-refractivity contribution >= 4 is 45.0 Å². The lowest BCUT2D eigenvalue weighted by atomic mass is 10.0. The highest BCUT2D eigenvalue weighted by molar-refractivity contribution is 7.22. The second-order valence-corrected chi connectivity index (χ2v) is 6.17. The molecule has 0 saturated carbocycles. The lowest BCUT2D eigenvalue weighted by Gasteiger charge is -2.12. The molecule has 0 spiro atoms. The molecular formula is C14H16ClF2N3OS. The average Bonchev–Trinajstić information content (AvgIpc) is 2.67. The molecule has 1 amide bonds. The number of nitrogens with zero attached hydrogens (tertiary/aromatic N) is 1. The van der Waals surface area contributed by atoms with Crippen LogP contribution in [0, 0.1) is 17.6 Å². The van der Waals surface area contributed by atoms with Gasteiger partial charge in [0.1, 0.15) is 11.3 Å². The van der Waals surface area contributed by atoms with E-state index in [1.165, 1.54) is 6.07 Å². The maximum Gasteiger partial charge on any atom is 0.230 e. The number of fused-ring (bicyclic) bond motifs is 1. The van der Waals surface area contributed by atoms with E-state index < -0.39 is 11.6 Å². The van der Waals surface area contributed by atoms with Crippen molar-refractivity contribution in [3.63, 3.8) is 0 Å². The first-order chi connectivity index (χ1) is 10.1. The third kappa shape index (κ3) is 3.71. The van der Waals surface area contributed by atoms with E-state index in [2.05, 4.69) is 15.6 Å². The minimum atomic E-state index is -0.710. The molecule has 4 nitrogen and oxygen atoms in total. The number of rotatable bonds is 2. The molecule has 0 aliphatic carbocycles. The molecule has 120 valence electrons. The molecule has 1 unspecified atom stereocenters. The highest BCUT2D eigenvalue weighted by Crippen LogP contribution is 2.29. The van der Waals surface area contributed by atoms with E-state index in [4.69, 9.17) is 0 Å². The summed E-state index contributed by atoms with van der Waals surface area (Å²) in [7, 11) is 0. The number of hydrogen-bond acceptors (Lipinski definition) is 4. The fourth-order valence-electron chi connectivity index (χ4n) is 2.46. The molecule has 1 aromatic carbocycles. The van der Waals surface area contributed by atoms with Crippen LogP contribution in [-0.2, 0) is 4.79 Å². The van der Waals surface area contributed by atoms with E-state index >= 15 is 0 Å². The molecule has 2 heterocycles. The fraction of sp³-hybridized carbons (Fsp3) is 0.429. The summed E-state index contributed by atoms with van der Waals surface area (Å²) in [6, 6.07) is 2.02. The van der Waals surface area contributed by atoms with Crippen molar-refractivity contribution in [3.8, 4) is 0 Å². The van der Waals surface area contributed by atoms with Crippen LogP contribution in [0.25, 0.3) is 10.2 Å². The van der Waals surface area contributed by atoms with Gasteiger partial charge < -0.3 is 10.6 Å². The summed E-state index contributed by atoms with van der Waals surface area (Å²) in [4.78, 5) is 16.2. The number of anilines is 1. The Bertz CT molecular complexity index is 671. The zero-order valence-corrected chi connectivity index (χ0v) is 13.3. The number of carbonyl (C=O) groups excluding carboxylic acids is 1. The van der Waals surface area contributed by atoms with Crippen LogP contribution in [0.15, 0.2) is 12.1 Å². The highest BCUT2D eigenvalue weighted by atomic mass is 35.5. The molecule has 8 heteroatoms. The number of benzene rings is 1. The number of amides is 1. The van der Waals surface area contributed by atoms with E-state index in [9.17, 15) is 13.6 Å². The molecule has 2 aromatic rings. The van der Waals surface area contributed by atoms with Crippen LogP contribution in [0.3, 0.4) is 0 Å². The molecule has 1 fully saturated rings. The number of aromatic nitrogens is 1. The maximum absolute atomic E-state index is 13.6. The van der Waals surface area contributed by atoms with Gasteiger partial charge in [0.25, 0.3) is 0 Å². The van der Waals surface area contributed by atoms with Gasteiger partial charge in [0.2, 0.25) is 5.91 Å². The number of hydrogen-bond donors (Lipinski definition) is 2. The third-order valence-corrected chi connectivity index (χ3v) is 4.48. The molecule has 0 bridgehead atoms. The highest BCUT2D eigenvalue weighted by Gasteiger charge is 2.21. The average molecular weight is 348 g/mol. The van der Waals surface area contributed by atoms with Gasteiger partial charge in [-0.25, -0.2) is 13.8 Å². The molecule has 3 rings (SSSR count). The van der Waals surface area contributed by atoms with Crippen LogP contribution < -0.4 is 10.6 Å². The second kappa shape index (κ2) is 7.30. The van der Waals surface area contributed by atoms with Crippen LogP contribution in [0.2, 0.25) is 0 Å². The standard InChI is InChI=1S/C14H15F2N3OS.ClH/c15-9-5-10(16)12-11(6-9)21-14(18-12)19-13(20)8-3-1-2-4-17-7-8;/h5-6,8,17H,1-4,7H2,(H,18,19,20);1H. The van der Waals surface area contributed by atoms with Gasteiger partial charge in [0.05, 0.1) is 10.6 Å². The lowest BCUT2D eigenvalue weighted by molar-refractivity contribution is -0.119. The van der Waals surface area contributed by atoms with Gasteiger partial charge in [-0.3, -0.25) is 4.79 Å². The predicted molar refractivity (Wildman–Crippen MR) is 85.6 cm³/mol. The van der Waals surface area contributed by atoms with Gasteiger partial charge in [-0.1, -0.05) is 17.8 Å². The SMILES string of the molecule is Cl.O=C(Nc1nc2c(F)cc(F)cc2s1)C1CCCCNC1. The summed E-state index contributed by atoms with van der Waals surface area (Å²) in [6.45, 7) is 1.56. The van der Waals surface area contributed by atoms with Crippen molar-refractivity contribution in [1.29, 1.82) is 0 Å². The van der Waals surface area contributed by atoms with Gasteiger partial charge in [-0.15, -0.1) is 12.4 Å². The smallest absolute Gasteiger partial charge is 0.230 e. The summed E-state index contributed by atoms with van der Waals surface area (Å²) < 4.78 is 27.1. The Kier molecular flexibility index (Phi) is 5.66. The van der Waals surface area contributed by atoms with Crippen molar-refractivity contribution in [2.75, 3.05) is 18.4 Å². The molecule has 1 atom stereocenters. The van der Waals surface area contributed by atoms with Crippen molar-refractivity contribution in [2.24, 2.45) is 5.92 Å². The Morgan fingerprint density at radius 1 is 1.36 bits per heavy atom. The lowest BCUT2D eigenvalue weighted by Crippen LogP contribution is -2.30. The first-order valence-corrected chi connectivity index (χ1v) is 7.72. The van der Waals surface area contributed by atoms with Gasteiger partial charge in [-0.05, 0) is 25.5 Å². The van der Waals surface area contributed by atoms with Gasteiger partial charge in [0.15, 0.2) is 10.9 Å². The summed E-state index contributed by atoms with van der Waals surface area (Å²) in [6.07, 6.45) is 2.90. The van der Waals surface area contributed by atoms with Gasteiger partial charge >= 0.3 is 0 Å². The second-order valence-electron chi connectivity index (χ2n) is 5.14. The van der Waals surface area contributed by atoms with E-state index in [-0.39, 0.29) is 29.7 Å². The molecule has 2 N–H and O–H groups in total. The van der Waals surface area contributed by atoms with Crippen LogP contribution in [-0.4, -0.2) is 24.0 Å². The van der Waals surface area contributed by atoms with Crippen LogP contribution in [0.5, 0.6) is 0 Å². The fourth-order valence-corrected chi connectivity index (χ4v) is 3.37. The van der Waals surface area contributed by atoms with Crippen LogP contribution in [0.4, 0.5) is 13.9 Å². The number of carbonyl (C=O) groups is 1. The van der Waals surface area contributed by atoms with Crippen LogP contribution in [0.1, 0.15) is 19.3 Å². The normalized spacial score (nSPS) is 18.5. The third-order valence-electron chi connectivity index (χ3n) is 3.56. The summed E-state index contributed by atoms with van der Waals surface area (Å²) in [5.74, 6) is -1.59. The quantitative estimate of drug-likeness (QED) is 0.876. The maximum atomic E-state index is 13.6. The van der Waals surface area contributed by atoms with Crippen molar-refractivity contribution < 1.29 is 13.6 Å². The Labute approximate surface area is 136 Å². The predicted octanol–water partition coefficient (Wildman–Crippen LogP) is 3.32. The monoisotopic (exact) mass is 347 g/mol. The molecule has 1 saturated heterocycles. The Balaban J connectivity index is 0.00000176. The first-order valence-electron chi connectivity index (χ1n) is 6.90. The van der Waals surface area contributed by atoms with E-state index in [1.807, 2.05) is 0 Å². The van der Waals surface area contributed by atoms with Gasteiger partial charge in [-0.2, -0.15) is 0 Å². The largest absolute Gasteiger partial charge is 0.316 e. The zero-order chi connectivity index (χ0) is 14.8. The molecular weight excluding hydrogens is 332 g/mol. The summed E-state index contributed by atoms with van der Waals surface area (Å²) >= 11 is 1.08. The number of thiazole rings is 1. The van der Waals surface area contributed by atoms with Crippen molar-refractivity contribution in [3.05, 3.63) is 23.8 Å².